The fourth-order valence-corrected chi connectivity index (χ4v) is 3.32. The molecule has 2 N–H and O–H groups in total. The van der Waals surface area contributed by atoms with E-state index in [0.717, 1.165) is 42.7 Å². The number of benzene rings is 1. The average molecular weight is 376 g/mol. The molecule has 0 bridgehead atoms. The molecule has 0 radical (unpaired) electrons. The number of rotatable bonds is 11. The maximum atomic E-state index is 11.9. The Balaban J connectivity index is 1.68. The number of carbonyl (C=O) groups is 2. The van der Waals surface area contributed by atoms with Gasteiger partial charge in [-0.3, -0.25) is 9.59 Å². The SMILES string of the molecule is CCOc1ccc(CCNC(=O)CCNC(=O)C2CCCC2)cc1OCC. The maximum absolute atomic E-state index is 11.9. The Bertz CT molecular complexity index is 612. The Morgan fingerprint density at radius 3 is 2.41 bits per heavy atom. The summed E-state index contributed by atoms with van der Waals surface area (Å²) in [6.07, 6.45) is 5.25. The summed E-state index contributed by atoms with van der Waals surface area (Å²) >= 11 is 0. The Hall–Kier alpha value is -2.24. The van der Waals surface area contributed by atoms with E-state index < -0.39 is 0 Å². The summed E-state index contributed by atoms with van der Waals surface area (Å²) in [4.78, 5) is 23.9. The summed E-state index contributed by atoms with van der Waals surface area (Å²) in [7, 11) is 0. The van der Waals surface area contributed by atoms with Crippen molar-refractivity contribution in [3.8, 4) is 11.5 Å². The van der Waals surface area contributed by atoms with Gasteiger partial charge in [-0.15, -0.1) is 0 Å². The molecular weight excluding hydrogens is 344 g/mol. The normalized spacial score (nSPS) is 14.0. The van der Waals surface area contributed by atoms with E-state index in [1.807, 2.05) is 32.0 Å². The highest BCUT2D eigenvalue weighted by Crippen LogP contribution is 2.28. The molecule has 1 aromatic carbocycles. The minimum Gasteiger partial charge on any atom is -0.490 e. The highest BCUT2D eigenvalue weighted by molar-refractivity contribution is 5.80. The van der Waals surface area contributed by atoms with Crippen molar-refractivity contribution in [2.45, 2.75) is 52.4 Å². The van der Waals surface area contributed by atoms with Gasteiger partial charge >= 0.3 is 0 Å². The van der Waals surface area contributed by atoms with Gasteiger partial charge < -0.3 is 20.1 Å². The van der Waals surface area contributed by atoms with Gasteiger partial charge in [-0.25, -0.2) is 0 Å². The zero-order chi connectivity index (χ0) is 19.5. The summed E-state index contributed by atoms with van der Waals surface area (Å²) in [5, 5.41) is 5.78. The third-order valence-electron chi connectivity index (χ3n) is 4.72. The van der Waals surface area contributed by atoms with Gasteiger partial charge in [-0.2, -0.15) is 0 Å². The van der Waals surface area contributed by atoms with Crippen LogP contribution < -0.4 is 20.1 Å². The van der Waals surface area contributed by atoms with Crippen molar-refractivity contribution in [1.82, 2.24) is 10.6 Å². The van der Waals surface area contributed by atoms with Crippen molar-refractivity contribution in [2.24, 2.45) is 5.92 Å². The first-order valence-corrected chi connectivity index (χ1v) is 10.1. The lowest BCUT2D eigenvalue weighted by molar-refractivity contribution is -0.125. The predicted octanol–water partition coefficient (Wildman–Crippen LogP) is 2.84. The van der Waals surface area contributed by atoms with Gasteiger partial charge in [0.1, 0.15) is 0 Å². The molecule has 150 valence electrons. The first-order chi connectivity index (χ1) is 13.1. The van der Waals surface area contributed by atoms with Gasteiger partial charge in [0.25, 0.3) is 0 Å². The third kappa shape index (κ3) is 7.12. The molecule has 0 aliphatic heterocycles. The molecule has 0 unspecified atom stereocenters. The van der Waals surface area contributed by atoms with Crippen molar-refractivity contribution in [1.29, 1.82) is 0 Å². The molecule has 1 saturated carbocycles. The standard InChI is InChI=1S/C21H32N2O4/c1-3-26-18-10-9-16(15-19(18)27-4-2)11-13-22-20(24)12-14-23-21(25)17-7-5-6-8-17/h9-10,15,17H,3-8,11-14H2,1-2H3,(H,22,24)(H,23,25). The summed E-state index contributed by atoms with van der Waals surface area (Å²) in [6, 6.07) is 5.86. The van der Waals surface area contributed by atoms with Crippen molar-refractivity contribution in [3.63, 3.8) is 0 Å². The van der Waals surface area contributed by atoms with E-state index in [9.17, 15) is 9.59 Å². The smallest absolute Gasteiger partial charge is 0.223 e. The first kappa shape index (κ1) is 21.1. The molecule has 6 nitrogen and oxygen atoms in total. The number of hydrogen-bond acceptors (Lipinski definition) is 4. The van der Waals surface area contributed by atoms with E-state index >= 15 is 0 Å². The molecule has 27 heavy (non-hydrogen) atoms. The van der Waals surface area contributed by atoms with Crippen LogP contribution in [0.4, 0.5) is 0 Å². The van der Waals surface area contributed by atoms with E-state index in [4.69, 9.17) is 9.47 Å². The van der Waals surface area contributed by atoms with Crippen LogP contribution in [0.25, 0.3) is 0 Å². The summed E-state index contributed by atoms with van der Waals surface area (Å²) in [5.41, 5.74) is 1.08. The zero-order valence-electron chi connectivity index (χ0n) is 16.5. The topological polar surface area (TPSA) is 76.7 Å². The largest absolute Gasteiger partial charge is 0.490 e. The second-order valence-corrected chi connectivity index (χ2v) is 6.77. The summed E-state index contributed by atoms with van der Waals surface area (Å²) < 4.78 is 11.2. The highest BCUT2D eigenvalue weighted by Gasteiger charge is 2.22. The van der Waals surface area contributed by atoms with E-state index in [2.05, 4.69) is 10.6 Å². The quantitative estimate of drug-likeness (QED) is 0.623. The number of carbonyl (C=O) groups excluding carboxylic acids is 2. The van der Waals surface area contributed by atoms with Crippen molar-refractivity contribution < 1.29 is 19.1 Å². The summed E-state index contributed by atoms with van der Waals surface area (Å²) in [5.74, 6) is 1.67. The number of nitrogens with one attached hydrogen (secondary N) is 2. The van der Waals surface area contributed by atoms with Crippen LogP contribution in [-0.4, -0.2) is 38.1 Å². The molecule has 1 aromatic rings. The van der Waals surface area contributed by atoms with Crippen LogP contribution in [0.15, 0.2) is 18.2 Å². The highest BCUT2D eigenvalue weighted by atomic mass is 16.5. The first-order valence-electron chi connectivity index (χ1n) is 10.1. The van der Waals surface area contributed by atoms with Gasteiger partial charge in [-0.1, -0.05) is 18.9 Å². The van der Waals surface area contributed by atoms with Crippen LogP contribution >= 0.6 is 0 Å². The minimum atomic E-state index is -0.0438. The lowest BCUT2D eigenvalue weighted by atomic mass is 10.1. The van der Waals surface area contributed by atoms with Crippen LogP contribution in [0, 0.1) is 5.92 Å². The van der Waals surface area contributed by atoms with Crippen LogP contribution in [-0.2, 0) is 16.0 Å². The van der Waals surface area contributed by atoms with Crippen molar-refractivity contribution in [3.05, 3.63) is 23.8 Å². The van der Waals surface area contributed by atoms with E-state index in [1.165, 1.54) is 0 Å². The maximum Gasteiger partial charge on any atom is 0.223 e. The molecule has 0 aromatic heterocycles. The van der Waals surface area contributed by atoms with E-state index in [-0.39, 0.29) is 17.7 Å². The number of hydrogen-bond donors (Lipinski definition) is 2. The minimum absolute atomic E-state index is 0.0438. The molecule has 1 fully saturated rings. The lowest BCUT2D eigenvalue weighted by Crippen LogP contribution is -2.34. The Kier molecular flexibility index (Phi) is 8.95. The number of ether oxygens (including phenoxy) is 2. The monoisotopic (exact) mass is 376 g/mol. The molecule has 0 saturated heterocycles. The van der Waals surface area contributed by atoms with Gasteiger partial charge in [0.15, 0.2) is 11.5 Å². The van der Waals surface area contributed by atoms with Crippen molar-refractivity contribution >= 4 is 11.8 Å². The molecule has 0 heterocycles. The molecule has 2 amide bonds. The molecule has 2 rings (SSSR count). The van der Waals surface area contributed by atoms with Gasteiger partial charge in [-0.05, 0) is 50.8 Å². The van der Waals surface area contributed by atoms with Gasteiger partial charge in [0.05, 0.1) is 13.2 Å². The second kappa shape index (κ2) is 11.5. The Morgan fingerprint density at radius 2 is 1.70 bits per heavy atom. The van der Waals surface area contributed by atoms with Crippen LogP contribution in [0.3, 0.4) is 0 Å². The lowest BCUT2D eigenvalue weighted by Gasteiger charge is -2.13. The zero-order valence-corrected chi connectivity index (χ0v) is 16.5. The van der Waals surface area contributed by atoms with Crippen LogP contribution in [0.2, 0.25) is 0 Å². The van der Waals surface area contributed by atoms with Gasteiger partial charge in [0.2, 0.25) is 11.8 Å². The molecule has 1 aliphatic rings. The molecule has 1 aliphatic carbocycles. The Labute approximate surface area is 162 Å². The van der Waals surface area contributed by atoms with Crippen molar-refractivity contribution in [2.75, 3.05) is 26.3 Å². The molecular formula is C21H32N2O4. The van der Waals surface area contributed by atoms with E-state index in [0.29, 0.717) is 39.1 Å². The molecule has 6 heteroatoms. The second-order valence-electron chi connectivity index (χ2n) is 6.77. The molecule has 0 spiro atoms. The summed E-state index contributed by atoms with van der Waals surface area (Å²) in [6.45, 7) is 6.00. The predicted molar refractivity (Wildman–Crippen MR) is 105 cm³/mol. The Morgan fingerprint density at radius 1 is 1.00 bits per heavy atom. The fourth-order valence-electron chi connectivity index (χ4n) is 3.32. The molecule has 0 atom stereocenters. The average Bonchev–Trinajstić information content (AvgIpc) is 3.19. The van der Waals surface area contributed by atoms with Gasteiger partial charge in [0, 0.05) is 25.4 Å². The third-order valence-corrected chi connectivity index (χ3v) is 4.72. The number of amides is 2. The van der Waals surface area contributed by atoms with E-state index in [1.54, 1.807) is 0 Å². The fraction of sp³-hybridized carbons (Fsp3) is 0.619. The van der Waals surface area contributed by atoms with Crippen LogP contribution in [0.1, 0.15) is 51.5 Å². The van der Waals surface area contributed by atoms with Crippen LogP contribution in [0.5, 0.6) is 11.5 Å².